The van der Waals surface area contributed by atoms with Gasteiger partial charge in [0.05, 0.1) is 12.2 Å². The summed E-state index contributed by atoms with van der Waals surface area (Å²) in [5.41, 5.74) is 1.30. The van der Waals surface area contributed by atoms with Gasteiger partial charge >= 0.3 is 0 Å². The molecule has 0 bridgehead atoms. The van der Waals surface area contributed by atoms with Crippen LogP contribution in [0.1, 0.15) is 50.5 Å². The van der Waals surface area contributed by atoms with Gasteiger partial charge in [0.2, 0.25) is 0 Å². The molecule has 138 valence electrons. The molecule has 0 N–H and O–H groups in total. The van der Waals surface area contributed by atoms with E-state index in [1.165, 1.54) is 58.2 Å². The maximum atomic E-state index is 6.31. The summed E-state index contributed by atoms with van der Waals surface area (Å²) in [4.78, 5) is 6.83. The lowest BCUT2D eigenvalue weighted by atomic mass is 9.77. The van der Waals surface area contributed by atoms with Crippen LogP contribution < -0.4 is 0 Å². The van der Waals surface area contributed by atoms with Crippen LogP contribution in [0.5, 0.6) is 0 Å². The van der Waals surface area contributed by atoms with Crippen LogP contribution in [-0.4, -0.2) is 48.3 Å². The Morgan fingerprint density at radius 3 is 2.84 bits per heavy atom. The number of rotatable bonds is 7. The number of pyridine rings is 1. The quantitative estimate of drug-likeness (QED) is 0.707. The van der Waals surface area contributed by atoms with Crippen LogP contribution in [-0.2, 0) is 16.1 Å². The molecule has 4 nitrogen and oxygen atoms in total. The Labute approximate surface area is 151 Å². The van der Waals surface area contributed by atoms with Gasteiger partial charge in [0.1, 0.15) is 0 Å². The highest BCUT2D eigenvalue weighted by atomic mass is 16.5. The third kappa shape index (κ3) is 4.24. The molecule has 4 heteroatoms. The number of piperidine rings is 1. The van der Waals surface area contributed by atoms with Crippen molar-refractivity contribution < 1.29 is 9.47 Å². The standard InChI is InChI=1S/C21H32N2O2/c1-3-18(4-1)16-23-11-8-21(9-12-23)20(7-14-25-21)6-13-24-17-19-5-2-10-22-15-19/h2,5,10,15,18,20H,1,3-4,6-9,11-14,16-17H2/t20-/m0/s1. The Morgan fingerprint density at radius 2 is 2.12 bits per heavy atom. The SMILES string of the molecule is c1cncc(COCC[C@H]2CCOC23CCN(CC2CCC2)CC3)c1. The Balaban J connectivity index is 1.20. The van der Waals surface area contributed by atoms with Crippen molar-refractivity contribution in [3.63, 3.8) is 0 Å². The highest BCUT2D eigenvalue weighted by Gasteiger charge is 2.45. The third-order valence-corrected chi connectivity index (χ3v) is 6.65. The normalized spacial score (nSPS) is 26.8. The van der Waals surface area contributed by atoms with E-state index in [-0.39, 0.29) is 5.60 Å². The zero-order valence-corrected chi connectivity index (χ0v) is 15.4. The van der Waals surface area contributed by atoms with Crippen LogP contribution in [0.4, 0.5) is 0 Å². The molecule has 0 radical (unpaired) electrons. The molecule has 3 heterocycles. The molecule has 0 amide bonds. The zero-order valence-electron chi connectivity index (χ0n) is 15.4. The molecule has 1 atom stereocenters. The topological polar surface area (TPSA) is 34.6 Å². The van der Waals surface area contributed by atoms with Gasteiger partial charge in [0, 0.05) is 45.2 Å². The minimum absolute atomic E-state index is 0.147. The first kappa shape index (κ1) is 17.4. The molecule has 2 saturated heterocycles. The molecule has 0 aromatic carbocycles. The van der Waals surface area contributed by atoms with E-state index in [4.69, 9.17) is 9.47 Å². The van der Waals surface area contributed by atoms with Gasteiger partial charge < -0.3 is 14.4 Å². The lowest BCUT2D eigenvalue weighted by Crippen LogP contribution is -2.49. The molecule has 1 saturated carbocycles. The van der Waals surface area contributed by atoms with Crippen molar-refractivity contribution in [1.29, 1.82) is 0 Å². The first-order valence-corrected chi connectivity index (χ1v) is 10.2. The summed E-state index contributed by atoms with van der Waals surface area (Å²) in [5.74, 6) is 1.66. The summed E-state index contributed by atoms with van der Waals surface area (Å²) >= 11 is 0. The van der Waals surface area contributed by atoms with Crippen molar-refractivity contribution in [3.05, 3.63) is 30.1 Å². The average molecular weight is 344 g/mol. The molecule has 1 aliphatic carbocycles. The molecule has 0 unspecified atom stereocenters. The van der Waals surface area contributed by atoms with E-state index >= 15 is 0 Å². The molecule has 1 aromatic heterocycles. The lowest BCUT2D eigenvalue weighted by molar-refractivity contribution is -0.0750. The van der Waals surface area contributed by atoms with Crippen LogP contribution in [0.25, 0.3) is 0 Å². The second-order valence-electron chi connectivity index (χ2n) is 8.20. The number of nitrogens with zero attached hydrogens (tertiary/aromatic N) is 2. The van der Waals surface area contributed by atoms with Crippen LogP contribution in [0.15, 0.2) is 24.5 Å². The van der Waals surface area contributed by atoms with Crippen LogP contribution in [0, 0.1) is 11.8 Å². The zero-order chi connectivity index (χ0) is 17.0. The van der Waals surface area contributed by atoms with Crippen molar-refractivity contribution in [1.82, 2.24) is 9.88 Å². The fraction of sp³-hybridized carbons (Fsp3) is 0.762. The van der Waals surface area contributed by atoms with E-state index in [1.807, 2.05) is 12.3 Å². The Kier molecular flexibility index (Phi) is 5.69. The average Bonchev–Trinajstić information content (AvgIpc) is 3.00. The summed E-state index contributed by atoms with van der Waals surface area (Å²) in [5, 5.41) is 0. The molecular formula is C21H32N2O2. The minimum Gasteiger partial charge on any atom is -0.377 e. The summed E-state index contributed by atoms with van der Waals surface area (Å²) in [6, 6.07) is 4.04. The maximum Gasteiger partial charge on any atom is 0.0736 e. The summed E-state index contributed by atoms with van der Waals surface area (Å²) < 4.78 is 12.2. The van der Waals surface area contributed by atoms with Crippen molar-refractivity contribution in [2.75, 3.05) is 32.8 Å². The number of aromatic nitrogens is 1. The highest BCUT2D eigenvalue weighted by Crippen LogP contribution is 2.42. The minimum atomic E-state index is 0.147. The first-order chi connectivity index (χ1) is 12.3. The van der Waals surface area contributed by atoms with E-state index in [0.29, 0.717) is 12.5 Å². The van der Waals surface area contributed by atoms with E-state index in [1.54, 1.807) is 6.20 Å². The Morgan fingerprint density at radius 1 is 1.24 bits per heavy atom. The molecule has 1 aromatic rings. The van der Waals surface area contributed by atoms with Gasteiger partial charge in [0.15, 0.2) is 0 Å². The number of likely N-dealkylation sites (tertiary alicyclic amines) is 1. The fourth-order valence-corrected chi connectivity index (χ4v) is 4.80. The van der Waals surface area contributed by atoms with Gasteiger partial charge in [0.25, 0.3) is 0 Å². The molecule has 25 heavy (non-hydrogen) atoms. The van der Waals surface area contributed by atoms with E-state index in [9.17, 15) is 0 Å². The van der Waals surface area contributed by atoms with Gasteiger partial charge in [-0.05, 0) is 62.0 Å². The highest BCUT2D eigenvalue weighted by molar-refractivity contribution is 5.06. The van der Waals surface area contributed by atoms with Crippen molar-refractivity contribution >= 4 is 0 Å². The second-order valence-corrected chi connectivity index (χ2v) is 8.20. The molecule has 4 rings (SSSR count). The summed E-state index contributed by atoms with van der Waals surface area (Å²) in [6.07, 6.45) is 12.8. The summed E-state index contributed by atoms with van der Waals surface area (Å²) in [7, 11) is 0. The van der Waals surface area contributed by atoms with Gasteiger partial charge in [-0.3, -0.25) is 4.98 Å². The predicted octanol–water partition coefficient (Wildman–Crippen LogP) is 3.66. The first-order valence-electron chi connectivity index (χ1n) is 10.2. The predicted molar refractivity (Wildman–Crippen MR) is 98.3 cm³/mol. The summed E-state index contributed by atoms with van der Waals surface area (Å²) in [6.45, 7) is 6.22. The largest absolute Gasteiger partial charge is 0.377 e. The van der Waals surface area contributed by atoms with Gasteiger partial charge in [-0.1, -0.05) is 12.5 Å². The third-order valence-electron chi connectivity index (χ3n) is 6.65. The van der Waals surface area contributed by atoms with Gasteiger partial charge in [-0.25, -0.2) is 0 Å². The number of ether oxygens (including phenoxy) is 2. The fourth-order valence-electron chi connectivity index (χ4n) is 4.80. The van der Waals surface area contributed by atoms with Crippen molar-refractivity contribution in [3.8, 4) is 0 Å². The Bertz CT molecular complexity index is 524. The van der Waals surface area contributed by atoms with Crippen molar-refractivity contribution in [2.45, 2.75) is 57.2 Å². The van der Waals surface area contributed by atoms with Crippen LogP contribution in [0.3, 0.4) is 0 Å². The maximum absolute atomic E-state index is 6.31. The molecule has 3 aliphatic rings. The van der Waals surface area contributed by atoms with Crippen LogP contribution >= 0.6 is 0 Å². The smallest absolute Gasteiger partial charge is 0.0736 e. The lowest BCUT2D eigenvalue weighted by Gasteiger charge is -2.44. The van der Waals surface area contributed by atoms with Gasteiger partial charge in [-0.15, -0.1) is 0 Å². The Hall–Kier alpha value is -0.970. The van der Waals surface area contributed by atoms with Crippen LogP contribution in [0.2, 0.25) is 0 Å². The molecule has 3 fully saturated rings. The second kappa shape index (κ2) is 8.15. The number of hydrogen-bond donors (Lipinski definition) is 0. The monoisotopic (exact) mass is 344 g/mol. The van der Waals surface area contributed by atoms with E-state index in [0.717, 1.165) is 31.1 Å². The number of hydrogen-bond acceptors (Lipinski definition) is 4. The van der Waals surface area contributed by atoms with Crippen molar-refractivity contribution in [2.24, 2.45) is 11.8 Å². The molecule has 1 spiro atoms. The molecule has 2 aliphatic heterocycles. The van der Waals surface area contributed by atoms with E-state index < -0.39 is 0 Å². The molecular weight excluding hydrogens is 312 g/mol. The van der Waals surface area contributed by atoms with E-state index in [2.05, 4.69) is 16.0 Å². The van der Waals surface area contributed by atoms with Gasteiger partial charge in [-0.2, -0.15) is 0 Å².